The van der Waals surface area contributed by atoms with Gasteiger partial charge in [0.25, 0.3) is 5.91 Å². The molecule has 6 nitrogen and oxygen atoms in total. The van der Waals surface area contributed by atoms with Crippen LogP contribution in [0.15, 0.2) is 18.3 Å². The summed E-state index contributed by atoms with van der Waals surface area (Å²) in [4.78, 5) is 19.0. The van der Waals surface area contributed by atoms with Crippen molar-refractivity contribution < 1.29 is 14.3 Å². The van der Waals surface area contributed by atoms with Crippen molar-refractivity contribution in [3.63, 3.8) is 0 Å². The standard InChI is InChI=1S/C18H27N3O3/c1-12-10-21(11-13(2)24-12)17-7-6-15(9-19-17)18(22)20-14(3)16-5-4-8-23-16/h6-7,9,12-14,16H,4-5,8,10-11H2,1-3H3,(H,20,22). The maximum absolute atomic E-state index is 12.4. The van der Waals surface area contributed by atoms with Crippen molar-refractivity contribution in [2.45, 2.75) is 58.0 Å². The van der Waals surface area contributed by atoms with Gasteiger partial charge in [-0.15, -0.1) is 0 Å². The van der Waals surface area contributed by atoms with Gasteiger partial charge in [-0.05, 0) is 45.7 Å². The van der Waals surface area contributed by atoms with Gasteiger partial charge in [-0.1, -0.05) is 0 Å². The minimum atomic E-state index is -0.0965. The van der Waals surface area contributed by atoms with Gasteiger partial charge < -0.3 is 19.7 Å². The number of hydrogen-bond donors (Lipinski definition) is 1. The molecule has 2 saturated heterocycles. The number of ether oxygens (including phenoxy) is 2. The zero-order chi connectivity index (χ0) is 17.1. The van der Waals surface area contributed by atoms with Crippen LogP contribution in [0.3, 0.4) is 0 Å². The van der Waals surface area contributed by atoms with Crippen LogP contribution in [0.2, 0.25) is 0 Å². The molecule has 0 spiro atoms. The third kappa shape index (κ3) is 4.05. The molecular formula is C18H27N3O3. The summed E-state index contributed by atoms with van der Waals surface area (Å²) < 4.78 is 11.4. The van der Waals surface area contributed by atoms with Crippen molar-refractivity contribution in [1.82, 2.24) is 10.3 Å². The molecule has 1 amide bonds. The van der Waals surface area contributed by atoms with E-state index in [2.05, 4.69) is 29.0 Å². The second-order valence-electron chi connectivity index (χ2n) is 6.88. The maximum Gasteiger partial charge on any atom is 0.253 e. The summed E-state index contributed by atoms with van der Waals surface area (Å²) in [6.07, 6.45) is 4.22. The van der Waals surface area contributed by atoms with E-state index in [1.807, 2.05) is 19.1 Å². The highest BCUT2D eigenvalue weighted by atomic mass is 16.5. The zero-order valence-electron chi connectivity index (χ0n) is 14.7. The van der Waals surface area contributed by atoms with Gasteiger partial charge in [0.15, 0.2) is 0 Å². The first-order chi connectivity index (χ1) is 11.5. The fourth-order valence-corrected chi connectivity index (χ4v) is 3.45. The number of hydrogen-bond acceptors (Lipinski definition) is 5. The molecule has 3 rings (SSSR count). The fourth-order valence-electron chi connectivity index (χ4n) is 3.45. The summed E-state index contributed by atoms with van der Waals surface area (Å²) in [6, 6.07) is 3.77. The Bertz CT molecular complexity index is 547. The topological polar surface area (TPSA) is 63.7 Å². The van der Waals surface area contributed by atoms with E-state index in [9.17, 15) is 4.79 Å². The molecule has 1 aromatic heterocycles. The molecule has 24 heavy (non-hydrogen) atoms. The Morgan fingerprint density at radius 2 is 2.08 bits per heavy atom. The van der Waals surface area contributed by atoms with Crippen LogP contribution in [0.5, 0.6) is 0 Å². The third-order valence-corrected chi connectivity index (χ3v) is 4.64. The van der Waals surface area contributed by atoms with E-state index < -0.39 is 0 Å². The Morgan fingerprint density at radius 3 is 2.67 bits per heavy atom. The van der Waals surface area contributed by atoms with E-state index in [0.29, 0.717) is 5.56 Å². The molecule has 1 aromatic rings. The summed E-state index contributed by atoms with van der Waals surface area (Å²) in [5.74, 6) is 0.793. The minimum absolute atomic E-state index is 0.0145. The van der Waals surface area contributed by atoms with Crippen LogP contribution >= 0.6 is 0 Å². The number of amides is 1. The quantitative estimate of drug-likeness (QED) is 0.913. The van der Waals surface area contributed by atoms with Gasteiger partial charge in [0.1, 0.15) is 5.82 Å². The molecule has 1 N–H and O–H groups in total. The summed E-state index contributed by atoms with van der Waals surface area (Å²) in [6.45, 7) is 8.55. The minimum Gasteiger partial charge on any atom is -0.376 e. The van der Waals surface area contributed by atoms with Gasteiger partial charge >= 0.3 is 0 Å². The van der Waals surface area contributed by atoms with E-state index in [-0.39, 0.29) is 30.3 Å². The molecule has 0 bridgehead atoms. The Hall–Kier alpha value is -1.66. The normalized spacial score (nSPS) is 28.6. The van der Waals surface area contributed by atoms with Gasteiger partial charge in [0.05, 0.1) is 29.9 Å². The van der Waals surface area contributed by atoms with Gasteiger partial charge in [-0.3, -0.25) is 4.79 Å². The lowest BCUT2D eigenvalue weighted by molar-refractivity contribution is -0.00546. The maximum atomic E-state index is 12.4. The van der Waals surface area contributed by atoms with Crippen LogP contribution < -0.4 is 10.2 Å². The van der Waals surface area contributed by atoms with Crippen LogP contribution in [-0.4, -0.2) is 54.9 Å². The van der Waals surface area contributed by atoms with E-state index in [1.165, 1.54) is 0 Å². The van der Waals surface area contributed by atoms with Crippen LogP contribution in [0.1, 0.15) is 44.0 Å². The van der Waals surface area contributed by atoms with Crippen molar-refractivity contribution >= 4 is 11.7 Å². The lowest BCUT2D eigenvalue weighted by Gasteiger charge is -2.36. The number of aromatic nitrogens is 1. The SMILES string of the molecule is CC1CN(c2ccc(C(=O)NC(C)C3CCCO3)cn2)CC(C)O1. The van der Waals surface area contributed by atoms with Crippen molar-refractivity contribution in [3.05, 3.63) is 23.9 Å². The summed E-state index contributed by atoms with van der Waals surface area (Å²) in [7, 11) is 0. The van der Waals surface area contributed by atoms with Crippen molar-refractivity contribution in [3.8, 4) is 0 Å². The Morgan fingerprint density at radius 1 is 1.33 bits per heavy atom. The highest BCUT2D eigenvalue weighted by Crippen LogP contribution is 2.19. The van der Waals surface area contributed by atoms with Crippen molar-refractivity contribution in [1.29, 1.82) is 0 Å². The van der Waals surface area contributed by atoms with Crippen molar-refractivity contribution in [2.75, 3.05) is 24.6 Å². The van der Waals surface area contributed by atoms with E-state index in [4.69, 9.17) is 9.47 Å². The van der Waals surface area contributed by atoms with Gasteiger partial charge in [0.2, 0.25) is 0 Å². The van der Waals surface area contributed by atoms with E-state index in [1.54, 1.807) is 6.20 Å². The second kappa shape index (κ2) is 7.49. The molecule has 0 saturated carbocycles. The number of pyridine rings is 1. The van der Waals surface area contributed by atoms with Gasteiger partial charge in [-0.25, -0.2) is 4.98 Å². The predicted octanol–water partition coefficient (Wildman–Crippen LogP) is 1.99. The molecule has 132 valence electrons. The van der Waals surface area contributed by atoms with Crippen LogP contribution in [0.25, 0.3) is 0 Å². The zero-order valence-corrected chi connectivity index (χ0v) is 14.7. The molecule has 6 heteroatoms. The first-order valence-corrected chi connectivity index (χ1v) is 8.82. The highest BCUT2D eigenvalue weighted by molar-refractivity contribution is 5.94. The lowest BCUT2D eigenvalue weighted by atomic mass is 10.1. The highest BCUT2D eigenvalue weighted by Gasteiger charge is 2.25. The largest absolute Gasteiger partial charge is 0.376 e. The molecule has 0 radical (unpaired) electrons. The summed E-state index contributed by atoms with van der Waals surface area (Å²) in [5.41, 5.74) is 0.581. The van der Waals surface area contributed by atoms with E-state index in [0.717, 1.165) is 38.4 Å². The number of nitrogens with one attached hydrogen (secondary N) is 1. The van der Waals surface area contributed by atoms with Gasteiger partial charge in [0, 0.05) is 25.9 Å². The summed E-state index contributed by atoms with van der Waals surface area (Å²) in [5, 5.41) is 3.01. The predicted molar refractivity (Wildman–Crippen MR) is 92.4 cm³/mol. The van der Waals surface area contributed by atoms with E-state index >= 15 is 0 Å². The first kappa shape index (κ1) is 17.2. The number of rotatable bonds is 4. The monoisotopic (exact) mass is 333 g/mol. The Kier molecular flexibility index (Phi) is 5.36. The molecular weight excluding hydrogens is 306 g/mol. The smallest absolute Gasteiger partial charge is 0.253 e. The molecule has 4 unspecified atom stereocenters. The average Bonchev–Trinajstić information content (AvgIpc) is 3.08. The molecule has 4 atom stereocenters. The molecule has 0 aromatic carbocycles. The van der Waals surface area contributed by atoms with Crippen LogP contribution in [0.4, 0.5) is 5.82 Å². The molecule has 2 fully saturated rings. The molecule has 2 aliphatic heterocycles. The Labute approximate surface area is 143 Å². The number of anilines is 1. The van der Waals surface area contributed by atoms with Crippen LogP contribution in [0, 0.1) is 0 Å². The Balaban J connectivity index is 1.60. The second-order valence-corrected chi connectivity index (χ2v) is 6.88. The van der Waals surface area contributed by atoms with Crippen molar-refractivity contribution in [2.24, 2.45) is 0 Å². The molecule has 3 heterocycles. The number of nitrogens with zero attached hydrogens (tertiary/aromatic N) is 2. The third-order valence-electron chi connectivity index (χ3n) is 4.64. The summed E-state index contributed by atoms with van der Waals surface area (Å²) >= 11 is 0. The fraction of sp³-hybridized carbons (Fsp3) is 0.667. The first-order valence-electron chi connectivity index (χ1n) is 8.82. The number of carbonyl (C=O) groups is 1. The van der Waals surface area contributed by atoms with Crippen LogP contribution in [-0.2, 0) is 9.47 Å². The lowest BCUT2D eigenvalue weighted by Crippen LogP contribution is -2.45. The number of morpholine rings is 1. The van der Waals surface area contributed by atoms with Gasteiger partial charge in [-0.2, -0.15) is 0 Å². The molecule has 0 aliphatic carbocycles. The molecule has 2 aliphatic rings. The number of carbonyl (C=O) groups excluding carboxylic acids is 1. The average molecular weight is 333 g/mol.